The molecule has 0 heterocycles. The van der Waals surface area contributed by atoms with Gasteiger partial charge in [0.2, 0.25) is 5.75 Å². The second-order valence-electron chi connectivity index (χ2n) is 6.32. The molecule has 0 amide bonds. The molecule has 1 aromatic rings. The number of aliphatic carboxylic acids is 1. The van der Waals surface area contributed by atoms with Gasteiger partial charge in [0.25, 0.3) is 0 Å². The largest absolute Gasteiger partial charge is 0.490 e. The van der Waals surface area contributed by atoms with Crippen molar-refractivity contribution in [3.8, 4) is 17.2 Å². The number of carboxylic acids is 1. The normalized spacial score (nSPS) is 11.0. The average Bonchev–Trinajstić information content (AvgIpc) is 2.71. The van der Waals surface area contributed by atoms with Crippen LogP contribution in [0.2, 0.25) is 0 Å². The quantitative estimate of drug-likeness (QED) is 0.227. The SMILES string of the molecule is O=C(O)C=Cc1ccc(OCCCCO)c(OCCCCO)c1OCCCCO. The summed E-state index contributed by atoms with van der Waals surface area (Å²) < 4.78 is 17.6. The number of benzene rings is 1. The van der Waals surface area contributed by atoms with Crippen molar-refractivity contribution in [1.82, 2.24) is 0 Å². The van der Waals surface area contributed by atoms with Gasteiger partial charge in [0.1, 0.15) is 0 Å². The molecule has 0 unspecified atom stereocenters. The van der Waals surface area contributed by atoms with Crippen LogP contribution in [0.3, 0.4) is 0 Å². The van der Waals surface area contributed by atoms with Gasteiger partial charge in [-0.15, -0.1) is 0 Å². The standard InChI is InChI=1S/C21H32O8/c22-11-1-4-14-27-18-9-7-17(8-10-19(25)26)20(28-15-5-2-12-23)21(18)29-16-6-3-13-24/h7-10,22-24H,1-6,11-16H2,(H,25,26). The first kappa shape index (κ1) is 24.7. The molecule has 0 aliphatic heterocycles. The van der Waals surface area contributed by atoms with Crippen LogP contribution in [-0.2, 0) is 4.79 Å². The summed E-state index contributed by atoms with van der Waals surface area (Å²) in [7, 11) is 0. The molecule has 0 fully saturated rings. The van der Waals surface area contributed by atoms with Gasteiger partial charge >= 0.3 is 5.97 Å². The third-order valence-corrected chi connectivity index (χ3v) is 3.92. The molecule has 1 aromatic carbocycles. The minimum absolute atomic E-state index is 0.0632. The van der Waals surface area contributed by atoms with E-state index in [9.17, 15) is 4.79 Å². The number of aliphatic hydroxyl groups is 3. The van der Waals surface area contributed by atoms with E-state index >= 15 is 0 Å². The topological polar surface area (TPSA) is 126 Å². The maximum atomic E-state index is 10.9. The van der Waals surface area contributed by atoms with Gasteiger partial charge < -0.3 is 34.6 Å². The lowest BCUT2D eigenvalue weighted by atomic mass is 10.1. The molecule has 0 saturated carbocycles. The minimum Gasteiger partial charge on any atom is -0.490 e. The van der Waals surface area contributed by atoms with E-state index in [1.54, 1.807) is 12.1 Å². The molecule has 0 aliphatic rings. The molecule has 0 saturated heterocycles. The Morgan fingerprint density at radius 2 is 1.28 bits per heavy atom. The molecule has 1 rings (SSSR count). The first-order chi connectivity index (χ1) is 14.1. The number of ether oxygens (including phenoxy) is 3. The third kappa shape index (κ3) is 10.2. The number of hydrogen-bond donors (Lipinski definition) is 4. The fourth-order valence-corrected chi connectivity index (χ4v) is 2.42. The molecule has 0 spiro atoms. The van der Waals surface area contributed by atoms with Crippen LogP contribution in [0.4, 0.5) is 0 Å². The third-order valence-electron chi connectivity index (χ3n) is 3.92. The average molecular weight is 412 g/mol. The number of unbranched alkanes of at least 4 members (excludes halogenated alkanes) is 3. The maximum Gasteiger partial charge on any atom is 0.328 e. The van der Waals surface area contributed by atoms with Crippen molar-refractivity contribution in [3.05, 3.63) is 23.8 Å². The van der Waals surface area contributed by atoms with Crippen molar-refractivity contribution in [2.75, 3.05) is 39.6 Å². The Balaban J connectivity index is 3.11. The van der Waals surface area contributed by atoms with Gasteiger partial charge in [-0.2, -0.15) is 0 Å². The van der Waals surface area contributed by atoms with Crippen LogP contribution >= 0.6 is 0 Å². The van der Waals surface area contributed by atoms with E-state index < -0.39 is 5.97 Å². The van der Waals surface area contributed by atoms with Crippen molar-refractivity contribution < 1.29 is 39.4 Å². The Morgan fingerprint density at radius 3 is 1.79 bits per heavy atom. The molecule has 164 valence electrons. The number of rotatable bonds is 17. The zero-order chi connectivity index (χ0) is 21.3. The van der Waals surface area contributed by atoms with Crippen molar-refractivity contribution in [3.63, 3.8) is 0 Å². The molecule has 29 heavy (non-hydrogen) atoms. The van der Waals surface area contributed by atoms with Crippen molar-refractivity contribution in [1.29, 1.82) is 0 Å². The van der Waals surface area contributed by atoms with E-state index in [1.807, 2.05) is 0 Å². The number of carboxylic acid groups (broad SMARTS) is 1. The van der Waals surface area contributed by atoms with Gasteiger partial charge in [0, 0.05) is 31.5 Å². The van der Waals surface area contributed by atoms with Gasteiger partial charge in [-0.1, -0.05) is 0 Å². The predicted molar refractivity (Wildman–Crippen MR) is 109 cm³/mol. The first-order valence-electron chi connectivity index (χ1n) is 9.93. The maximum absolute atomic E-state index is 10.9. The zero-order valence-corrected chi connectivity index (χ0v) is 16.7. The van der Waals surface area contributed by atoms with Gasteiger partial charge in [0.05, 0.1) is 19.8 Å². The molecule has 4 N–H and O–H groups in total. The highest BCUT2D eigenvalue weighted by molar-refractivity contribution is 5.86. The summed E-state index contributed by atoms with van der Waals surface area (Å²) in [6, 6.07) is 3.39. The van der Waals surface area contributed by atoms with Crippen molar-refractivity contribution >= 4 is 12.0 Å². The van der Waals surface area contributed by atoms with Crippen LogP contribution in [0, 0.1) is 0 Å². The first-order valence-corrected chi connectivity index (χ1v) is 9.93. The Morgan fingerprint density at radius 1 is 0.759 bits per heavy atom. The molecule has 0 radical (unpaired) electrons. The Kier molecular flexibility index (Phi) is 13.3. The second-order valence-corrected chi connectivity index (χ2v) is 6.32. The van der Waals surface area contributed by atoms with E-state index in [0.29, 0.717) is 81.2 Å². The van der Waals surface area contributed by atoms with Crippen LogP contribution in [0.25, 0.3) is 6.08 Å². The summed E-state index contributed by atoms with van der Waals surface area (Å²) in [5, 5.41) is 35.8. The van der Waals surface area contributed by atoms with E-state index in [0.717, 1.165) is 6.08 Å². The van der Waals surface area contributed by atoms with Gasteiger partial charge in [-0.05, 0) is 56.7 Å². The lowest BCUT2D eigenvalue weighted by Gasteiger charge is -2.19. The van der Waals surface area contributed by atoms with E-state index in [-0.39, 0.29) is 19.8 Å². The predicted octanol–water partition coefficient (Wildman–Crippen LogP) is 2.24. The van der Waals surface area contributed by atoms with E-state index in [2.05, 4.69) is 0 Å². The summed E-state index contributed by atoms with van der Waals surface area (Å²) in [6.07, 6.45) is 6.20. The lowest BCUT2D eigenvalue weighted by Crippen LogP contribution is -2.08. The zero-order valence-electron chi connectivity index (χ0n) is 16.7. The fraction of sp³-hybridized carbons (Fsp3) is 0.571. The van der Waals surface area contributed by atoms with Crippen LogP contribution < -0.4 is 14.2 Å². The van der Waals surface area contributed by atoms with Crippen LogP contribution in [0.15, 0.2) is 18.2 Å². The fourth-order valence-electron chi connectivity index (χ4n) is 2.42. The Bertz CT molecular complexity index is 615. The highest BCUT2D eigenvalue weighted by Gasteiger charge is 2.17. The molecule has 8 nitrogen and oxygen atoms in total. The number of aliphatic hydroxyl groups excluding tert-OH is 3. The van der Waals surface area contributed by atoms with Crippen LogP contribution in [0.5, 0.6) is 17.2 Å². The summed E-state index contributed by atoms with van der Waals surface area (Å²) >= 11 is 0. The second kappa shape index (κ2) is 15.6. The molecular weight excluding hydrogens is 380 g/mol. The van der Waals surface area contributed by atoms with Crippen LogP contribution in [0.1, 0.15) is 44.1 Å². The summed E-state index contributed by atoms with van der Waals surface area (Å²) in [5.74, 6) is 0.148. The number of carbonyl (C=O) groups is 1. The van der Waals surface area contributed by atoms with E-state index in [1.165, 1.54) is 6.08 Å². The van der Waals surface area contributed by atoms with Gasteiger partial charge in [-0.3, -0.25) is 0 Å². The molecule has 0 aliphatic carbocycles. The highest BCUT2D eigenvalue weighted by atomic mass is 16.5. The summed E-state index contributed by atoms with van der Waals surface area (Å²) in [5.41, 5.74) is 0.538. The molecular formula is C21H32O8. The van der Waals surface area contributed by atoms with Crippen molar-refractivity contribution in [2.45, 2.75) is 38.5 Å². The Hall–Kier alpha value is -2.29. The molecule has 0 atom stereocenters. The lowest BCUT2D eigenvalue weighted by molar-refractivity contribution is -0.131. The molecule has 8 heteroatoms. The monoisotopic (exact) mass is 412 g/mol. The molecule has 0 aromatic heterocycles. The highest BCUT2D eigenvalue weighted by Crippen LogP contribution is 2.41. The number of hydrogen-bond acceptors (Lipinski definition) is 7. The van der Waals surface area contributed by atoms with Crippen LogP contribution in [-0.4, -0.2) is 66.0 Å². The van der Waals surface area contributed by atoms with Crippen molar-refractivity contribution in [2.24, 2.45) is 0 Å². The summed E-state index contributed by atoms with van der Waals surface area (Å²) in [4.78, 5) is 10.9. The van der Waals surface area contributed by atoms with E-state index in [4.69, 9.17) is 34.6 Å². The van der Waals surface area contributed by atoms with Gasteiger partial charge in [-0.25, -0.2) is 4.79 Å². The van der Waals surface area contributed by atoms with Gasteiger partial charge in [0.15, 0.2) is 11.5 Å². The Labute approximate surface area is 171 Å². The smallest absolute Gasteiger partial charge is 0.328 e. The molecule has 0 bridgehead atoms. The summed E-state index contributed by atoms with van der Waals surface area (Å²) in [6.45, 7) is 1.28. The minimum atomic E-state index is -1.08.